The van der Waals surface area contributed by atoms with Gasteiger partial charge in [0.2, 0.25) is 0 Å². The van der Waals surface area contributed by atoms with Crippen molar-refractivity contribution < 1.29 is 34.4 Å². The van der Waals surface area contributed by atoms with Crippen LogP contribution < -0.4 is 4.74 Å². The molecule has 1 unspecified atom stereocenters. The van der Waals surface area contributed by atoms with Gasteiger partial charge in [-0.1, -0.05) is 34.1 Å². The van der Waals surface area contributed by atoms with Gasteiger partial charge in [0.15, 0.2) is 11.5 Å². The minimum atomic E-state index is -0.907. The van der Waals surface area contributed by atoms with Crippen molar-refractivity contribution in [3.8, 4) is 11.5 Å². The van der Waals surface area contributed by atoms with E-state index >= 15 is 0 Å². The van der Waals surface area contributed by atoms with Gasteiger partial charge >= 0.3 is 0 Å². The van der Waals surface area contributed by atoms with E-state index in [9.17, 15) is 19.8 Å². The SMILES string of the molecule is COc1cc(C2/C(=C(\O)c3ccc(Br)cc3)C(=O)C(=O)N2CCOCCO)ccc1O. The zero-order valence-corrected chi connectivity index (χ0v) is 18.3. The number of aromatic hydroxyl groups is 1. The summed E-state index contributed by atoms with van der Waals surface area (Å²) in [4.78, 5) is 27.0. The van der Waals surface area contributed by atoms with E-state index in [-0.39, 0.29) is 49.2 Å². The van der Waals surface area contributed by atoms with Crippen molar-refractivity contribution in [2.75, 3.05) is 33.5 Å². The van der Waals surface area contributed by atoms with E-state index in [2.05, 4.69) is 15.9 Å². The number of methoxy groups -OCH3 is 1. The number of aliphatic hydroxyl groups is 2. The molecule has 1 aliphatic rings. The molecule has 0 radical (unpaired) electrons. The molecule has 2 aromatic rings. The van der Waals surface area contributed by atoms with Crippen LogP contribution in [0.25, 0.3) is 5.76 Å². The highest BCUT2D eigenvalue weighted by Crippen LogP contribution is 2.41. The Morgan fingerprint density at radius 2 is 1.84 bits per heavy atom. The molecule has 164 valence electrons. The van der Waals surface area contributed by atoms with Crippen LogP contribution in [0, 0.1) is 0 Å². The molecule has 1 atom stereocenters. The first kappa shape index (κ1) is 22.8. The van der Waals surface area contributed by atoms with Gasteiger partial charge < -0.3 is 29.7 Å². The van der Waals surface area contributed by atoms with Crippen LogP contribution in [0.2, 0.25) is 0 Å². The van der Waals surface area contributed by atoms with E-state index in [1.807, 2.05) is 0 Å². The van der Waals surface area contributed by atoms with Gasteiger partial charge in [-0.25, -0.2) is 0 Å². The lowest BCUT2D eigenvalue weighted by molar-refractivity contribution is -0.140. The fraction of sp³-hybridized carbons (Fsp3) is 0.273. The van der Waals surface area contributed by atoms with Gasteiger partial charge in [-0.2, -0.15) is 0 Å². The lowest BCUT2D eigenvalue weighted by Crippen LogP contribution is -2.33. The van der Waals surface area contributed by atoms with Crippen molar-refractivity contribution in [3.05, 3.63) is 63.6 Å². The summed E-state index contributed by atoms with van der Waals surface area (Å²) < 4.78 is 11.2. The molecule has 0 bridgehead atoms. The molecule has 0 saturated carbocycles. The Bertz CT molecular complexity index is 1000. The number of hydrogen-bond acceptors (Lipinski definition) is 7. The van der Waals surface area contributed by atoms with Crippen molar-refractivity contribution >= 4 is 33.4 Å². The molecule has 3 rings (SSSR count). The zero-order valence-electron chi connectivity index (χ0n) is 16.7. The van der Waals surface area contributed by atoms with E-state index in [1.165, 1.54) is 24.1 Å². The molecule has 0 aromatic heterocycles. The summed E-state index contributed by atoms with van der Waals surface area (Å²) in [6, 6.07) is 10.3. The summed E-state index contributed by atoms with van der Waals surface area (Å²) in [5.74, 6) is -1.82. The van der Waals surface area contributed by atoms with Crippen LogP contribution in [0.5, 0.6) is 11.5 Å². The molecule has 31 heavy (non-hydrogen) atoms. The van der Waals surface area contributed by atoms with Crippen molar-refractivity contribution in [2.24, 2.45) is 0 Å². The lowest BCUT2D eigenvalue weighted by atomic mass is 9.95. The van der Waals surface area contributed by atoms with Crippen LogP contribution >= 0.6 is 15.9 Å². The number of hydrogen-bond donors (Lipinski definition) is 3. The number of aliphatic hydroxyl groups excluding tert-OH is 2. The van der Waals surface area contributed by atoms with E-state index in [4.69, 9.17) is 14.6 Å². The number of benzene rings is 2. The van der Waals surface area contributed by atoms with Gasteiger partial charge in [-0.3, -0.25) is 9.59 Å². The molecule has 3 N–H and O–H groups in total. The average molecular weight is 492 g/mol. The molecule has 8 nitrogen and oxygen atoms in total. The Morgan fingerprint density at radius 3 is 2.48 bits per heavy atom. The van der Waals surface area contributed by atoms with Crippen LogP contribution in [0.15, 0.2) is 52.5 Å². The topological polar surface area (TPSA) is 117 Å². The predicted molar refractivity (Wildman–Crippen MR) is 116 cm³/mol. The van der Waals surface area contributed by atoms with Gasteiger partial charge in [0, 0.05) is 16.6 Å². The quantitative estimate of drug-likeness (QED) is 0.225. The molecule has 1 saturated heterocycles. The standard InChI is InChI=1S/C22H22BrNO7/c1-30-17-12-14(4-7-16(17)26)19-18(20(27)13-2-5-15(23)6-3-13)21(28)22(29)24(19)8-10-31-11-9-25/h2-7,12,19,25-27H,8-11H2,1H3/b20-18+. The number of ether oxygens (including phenoxy) is 2. The number of likely N-dealkylation sites (tertiary alicyclic amines) is 1. The summed E-state index contributed by atoms with van der Waals surface area (Å²) in [7, 11) is 1.39. The summed E-state index contributed by atoms with van der Waals surface area (Å²) in [6.45, 7) is 0.0919. The highest BCUT2D eigenvalue weighted by molar-refractivity contribution is 9.10. The van der Waals surface area contributed by atoms with Crippen LogP contribution in [0.3, 0.4) is 0 Å². The van der Waals surface area contributed by atoms with Gasteiger partial charge in [-0.15, -0.1) is 0 Å². The average Bonchev–Trinajstić information content (AvgIpc) is 3.02. The number of phenols is 1. The second-order valence-electron chi connectivity index (χ2n) is 6.77. The normalized spacial score (nSPS) is 17.9. The lowest BCUT2D eigenvalue weighted by Gasteiger charge is -2.25. The number of phenolic OH excluding ortho intramolecular Hbond substituents is 1. The van der Waals surface area contributed by atoms with E-state index < -0.39 is 17.7 Å². The zero-order chi connectivity index (χ0) is 22.5. The third kappa shape index (κ3) is 4.73. The summed E-state index contributed by atoms with van der Waals surface area (Å²) in [6.07, 6.45) is 0. The molecule has 1 aliphatic heterocycles. The van der Waals surface area contributed by atoms with Crippen LogP contribution in [-0.2, 0) is 14.3 Å². The Balaban J connectivity index is 2.10. The molecule has 9 heteroatoms. The third-order valence-electron chi connectivity index (χ3n) is 4.89. The number of halogens is 1. The summed E-state index contributed by atoms with van der Waals surface area (Å²) in [5, 5.41) is 29.8. The molecule has 0 spiro atoms. The smallest absolute Gasteiger partial charge is 0.295 e. The van der Waals surface area contributed by atoms with Gasteiger partial charge in [-0.05, 0) is 29.8 Å². The second kappa shape index (κ2) is 9.95. The maximum atomic E-state index is 12.9. The molecular formula is C22H22BrNO7. The first-order valence-electron chi connectivity index (χ1n) is 9.49. The Labute approximate surface area is 187 Å². The number of carbonyl (C=O) groups excluding carboxylic acids is 2. The second-order valence-corrected chi connectivity index (χ2v) is 7.68. The van der Waals surface area contributed by atoms with Gasteiger partial charge in [0.1, 0.15) is 5.76 Å². The van der Waals surface area contributed by atoms with E-state index in [0.29, 0.717) is 11.1 Å². The first-order valence-corrected chi connectivity index (χ1v) is 10.3. The minimum Gasteiger partial charge on any atom is -0.507 e. The highest BCUT2D eigenvalue weighted by atomic mass is 79.9. The maximum Gasteiger partial charge on any atom is 0.295 e. The molecule has 0 aliphatic carbocycles. The van der Waals surface area contributed by atoms with E-state index in [1.54, 1.807) is 30.3 Å². The maximum absolute atomic E-state index is 12.9. The fourth-order valence-corrected chi connectivity index (χ4v) is 3.68. The number of rotatable bonds is 8. The monoisotopic (exact) mass is 491 g/mol. The van der Waals surface area contributed by atoms with Crippen LogP contribution in [-0.4, -0.2) is 65.4 Å². The number of ketones is 1. The van der Waals surface area contributed by atoms with Crippen molar-refractivity contribution in [1.82, 2.24) is 4.90 Å². The Hall–Kier alpha value is -2.88. The van der Waals surface area contributed by atoms with E-state index in [0.717, 1.165) is 4.47 Å². The Kier molecular flexibility index (Phi) is 7.32. The highest BCUT2D eigenvalue weighted by Gasteiger charge is 2.46. The fourth-order valence-electron chi connectivity index (χ4n) is 3.41. The first-order chi connectivity index (χ1) is 14.9. The van der Waals surface area contributed by atoms with Crippen molar-refractivity contribution in [1.29, 1.82) is 0 Å². The Morgan fingerprint density at radius 1 is 1.13 bits per heavy atom. The molecule has 1 heterocycles. The van der Waals surface area contributed by atoms with Crippen molar-refractivity contribution in [3.63, 3.8) is 0 Å². The van der Waals surface area contributed by atoms with Crippen LogP contribution in [0.4, 0.5) is 0 Å². The van der Waals surface area contributed by atoms with Gasteiger partial charge in [0.05, 0.1) is 38.5 Å². The molecular weight excluding hydrogens is 470 g/mol. The molecule has 1 amide bonds. The van der Waals surface area contributed by atoms with Gasteiger partial charge in [0.25, 0.3) is 11.7 Å². The van der Waals surface area contributed by atoms with Crippen LogP contribution in [0.1, 0.15) is 17.2 Å². The summed E-state index contributed by atoms with van der Waals surface area (Å²) in [5.41, 5.74) is 0.797. The number of nitrogens with zero attached hydrogens (tertiary/aromatic N) is 1. The van der Waals surface area contributed by atoms with Crippen molar-refractivity contribution in [2.45, 2.75) is 6.04 Å². The molecule has 1 fully saturated rings. The molecule has 2 aromatic carbocycles. The third-order valence-corrected chi connectivity index (χ3v) is 5.42. The number of amides is 1. The summed E-state index contributed by atoms with van der Waals surface area (Å²) >= 11 is 3.33. The minimum absolute atomic E-state index is 0.0650. The number of Topliss-reactive ketones (excluding diaryl/α,β-unsaturated/α-hetero) is 1. The largest absolute Gasteiger partial charge is 0.507 e. The number of carbonyl (C=O) groups is 2. The predicted octanol–water partition coefficient (Wildman–Crippen LogP) is 2.59.